The first-order valence-corrected chi connectivity index (χ1v) is 7.88. The van der Waals surface area contributed by atoms with Crippen molar-refractivity contribution in [2.75, 3.05) is 59.9 Å². The van der Waals surface area contributed by atoms with Crippen molar-refractivity contribution in [2.24, 2.45) is 0 Å². The van der Waals surface area contributed by atoms with Crippen molar-refractivity contribution in [3.8, 4) is 0 Å². The Morgan fingerprint density at radius 1 is 1.15 bits per heavy atom. The molecule has 1 aliphatic heterocycles. The Kier molecular flexibility index (Phi) is 8.11. The number of nitrogens with zero attached hydrogens (tertiary/aromatic N) is 3. The third-order valence-corrected chi connectivity index (χ3v) is 3.87. The molecule has 0 aromatic carbocycles. The molecule has 1 rings (SSSR count). The molecule has 5 nitrogen and oxygen atoms in total. The largest absolute Gasteiger partial charge is 0.340 e. The number of amides is 1. The van der Waals surface area contributed by atoms with Crippen molar-refractivity contribution in [3.63, 3.8) is 0 Å². The smallest absolute Gasteiger partial charge is 0.223 e. The maximum atomic E-state index is 12.1. The van der Waals surface area contributed by atoms with Crippen LogP contribution >= 0.6 is 0 Å². The molecule has 1 N–H and O–H groups in total. The third-order valence-electron chi connectivity index (χ3n) is 3.87. The van der Waals surface area contributed by atoms with E-state index in [1.807, 2.05) is 4.90 Å². The Balaban J connectivity index is 2.06. The number of hydrogen-bond donors (Lipinski definition) is 1. The van der Waals surface area contributed by atoms with E-state index in [9.17, 15) is 4.79 Å². The SMILES string of the molecule is CC(C)N1CCN(C(=O)CCNCCCN(C)C)CC1. The molecule has 0 saturated carbocycles. The van der Waals surface area contributed by atoms with Gasteiger partial charge >= 0.3 is 0 Å². The van der Waals surface area contributed by atoms with E-state index in [-0.39, 0.29) is 0 Å². The molecule has 0 aromatic rings. The first kappa shape index (κ1) is 17.4. The van der Waals surface area contributed by atoms with E-state index >= 15 is 0 Å². The molecular weight excluding hydrogens is 252 g/mol. The van der Waals surface area contributed by atoms with Crippen LogP contribution in [0.2, 0.25) is 0 Å². The van der Waals surface area contributed by atoms with Crippen LogP contribution in [0.15, 0.2) is 0 Å². The minimum absolute atomic E-state index is 0.300. The van der Waals surface area contributed by atoms with Crippen LogP contribution in [-0.2, 0) is 4.79 Å². The van der Waals surface area contributed by atoms with Crippen molar-refractivity contribution in [1.82, 2.24) is 20.0 Å². The van der Waals surface area contributed by atoms with E-state index < -0.39 is 0 Å². The van der Waals surface area contributed by atoms with Gasteiger partial charge < -0.3 is 15.1 Å². The predicted octanol–water partition coefficient (Wildman–Crippen LogP) is 0.470. The number of carbonyl (C=O) groups excluding carboxylic acids is 1. The Morgan fingerprint density at radius 2 is 1.80 bits per heavy atom. The molecule has 0 radical (unpaired) electrons. The lowest BCUT2D eigenvalue weighted by molar-refractivity contribution is -0.133. The summed E-state index contributed by atoms with van der Waals surface area (Å²) in [6.07, 6.45) is 1.76. The summed E-state index contributed by atoms with van der Waals surface area (Å²) in [7, 11) is 4.17. The molecule has 1 fully saturated rings. The van der Waals surface area contributed by atoms with Gasteiger partial charge in [0.15, 0.2) is 0 Å². The van der Waals surface area contributed by atoms with E-state index in [1.54, 1.807) is 0 Å². The van der Waals surface area contributed by atoms with Crippen LogP contribution in [0, 0.1) is 0 Å². The second kappa shape index (κ2) is 9.32. The zero-order valence-electron chi connectivity index (χ0n) is 13.7. The van der Waals surface area contributed by atoms with Gasteiger partial charge in [0.05, 0.1) is 0 Å². The Labute approximate surface area is 124 Å². The summed E-state index contributed by atoms with van der Waals surface area (Å²) in [6, 6.07) is 0.589. The van der Waals surface area contributed by atoms with Crippen molar-refractivity contribution in [3.05, 3.63) is 0 Å². The average molecular weight is 284 g/mol. The van der Waals surface area contributed by atoms with E-state index in [0.29, 0.717) is 18.4 Å². The Morgan fingerprint density at radius 3 is 2.35 bits per heavy atom. The van der Waals surface area contributed by atoms with Crippen LogP contribution in [-0.4, -0.2) is 86.6 Å². The van der Waals surface area contributed by atoms with Gasteiger partial charge in [-0.2, -0.15) is 0 Å². The van der Waals surface area contributed by atoms with E-state index in [1.165, 1.54) is 0 Å². The summed E-state index contributed by atoms with van der Waals surface area (Å²) >= 11 is 0. The molecule has 5 heteroatoms. The van der Waals surface area contributed by atoms with Crippen molar-refractivity contribution < 1.29 is 4.79 Å². The monoisotopic (exact) mass is 284 g/mol. The normalized spacial score (nSPS) is 17.2. The summed E-state index contributed by atoms with van der Waals surface area (Å²) in [4.78, 5) is 18.7. The van der Waals surface area contributed by atoms with Gasteiger partial charge in [0.1, 0.15) is 0 Å². The standard InChI is InChI=1S/C15H32N4O/c1-14(2)18-10-12-19(13-11-18)15(20)6-8-16-7-5-9-17(3)4/h14,16H,5-13H2,1-4H3. The summed E-state index contributed by atoms with van der Waals surface area (Å²) in [5.41, 5.74) is 0. The lowest BCUT2D eigenvalue weighted by atomic mass is 10.2. The van der Waals surface area contributed by atoms with Gasteiger partial charge in [-0.05, 0) is 47.5 Å². The number of piperazine rings is 1. The minimum Gasteiger partial charge on any atom is -0.340 e. The molecule has 0 aromatic heterocycles. The third kappa shape index (κ3) is 6.68. The fourth-order valence-corrected chi connectivity index (χ4v) is 2.49. The van der Waals surface area contributed by atoms with E-state index in [0.717, 1.165) is 52.2 Å². The van der Waals surface area contributed by atoms with Gasteiger partial charge in [-0.25, -0.2) is 0 Å². The van der Waals surface area contributed by atoms with Gasteiger partial charge in [-0.3, -0.25) is 9.69 Å². The highest BCUT2D eigenvalue weighted by molar-refractivity contribution is 5.76. The van der Waals surface area contributed by atoms with Crippen molar-refractivity contribution in [2.45, 2.75) is 32.7 Å². The zero-order chi connectivity index (χ0) is 15.0. The van der Waals surface area contributed by atoms with Crippen LogP contribution in [0.3, 0.4) is 0 Å². The van der Waals surface area contributed by atoms with Gasteiger partial charge in [-0.15, -0.1) is 0 Å². The summed E-state index contributed by atoms with van der Waals surface area (Å²) in [5, 5.41) is 3.35. The number of hydrogen-bond acceptors (Lipinski definition) is 4. The summed E-state index contributed by atoms with van der Waals surface area (Å²) in [6.45, 7) is 11.1. The van der Waals surface area contributed by atoms with Crippen LogP contribution < -0.4 is 5.32 Å². The second-order valence-corrected chi connectivity index (χ2v) is 6.17. The first-order chi connectivity index (χ1) is 9.50. The molecule has 0 aliphatic carbocycles. The molecule has 1 aliphatic rings. The lowest BCUT2D eigenvalue weighted by Crippen LogP contribution is -2.51. The van der Waals surface area contributed by atoms with Crippen LogP contribution in [0.5, 0.6) is 0 Å². The summed E-state index contributed by atoms with van der Waals surface area (Å²) < 4.78 is 0. The number of rotatable bonds is 8. The number of carbonyl (C=O) groups is 1. The van der Waals surface area contributed by atoms with Gasteiger partial charge in [0.2, 0.25) is 5.91 Å². The molecule has 0 spiro atoms. The number of nitrogens with one attached hydrogen (secondary N) is 1. The van der Waals surface area contributed by atoms with Crippen LogP contribution in [0.4, 0.5) is 0 Å². The molecule has 1 heterocycles. The molecule has 1 saturated heterocycles. The van der Waals surface area contributed by atoms with Gasteiger partial charge in [0, 0.05) is 45.2 Å². The van der Waals surface area contributed by atoms with E-state index in [4.69, 9.17) is 0 Å². The highest BCUT2D eigenvalue weighted by Crippen LogP contribution is 2.06. The topological polar surface area (TPSA) is 38.8 Å². The fraction of sp³-hybridized carbons (Fsp3) is 0.933. The molecular formula is C15H32N4O. The predicted molar refractivity (Wildman–Crippen MR) is 83.9 cm³/mol. The zero-order valence-corrected chi connectivity index (χ0v) is 13.7. The van der Waals surface area contributed by atoms with Gasteiger partial charge in [0.25, 0.3) is 0 Å². The van der Waals surface area contributed by atoms with Crippen molar-refractivity contribution in [1.29, 1.82) is 0 Å². The van der Waals surface area contributed by atoms with Crippen molar-refractivity contribution >= 4 is 5.91 Å². The van der Waals surface area contributed by atoms with E-state index in [2.05, 4.69) is 43.1 Å². The lowest BCUT2D eigenvalue weighted by Gasteiger charge is -2.37. The molecule has 20 heavy (non-hydrogen) atoms. The fourth-order valence-electron chi connectivity index (χ4n) is 2.49. The first-order valence-electron chi connectivity index (χ1n) is 7.88. The summed E-state index contributed by atoms with van der Waals surface area (Å²) in [5.74, 6) is 0.300. The molecule has 0 unspecified atom stereocenters. The van der Waals surface area contributed by atoms with Gasteiger partial charge in [-0.1, -0.05) is 0 Å². The molecule has 0 bridgehead atoms. The molecule has 0 atom stereocenters. The van der Waals surface area contributed by atoms with Crippen LogP contribution in [0.25, 0.3) is 0 Å². The Bertz CT molecular complexity index is 273. The second-order valence-electron chi connectivity index (χ2n) is 6.17. The molecule has 1 amide bonds. The highest BCUT2D eigenvalue weighted by atomic mass is 16.2. The quantitative estimate of drug-likeness (QED) is 0.658. The maximum absolute atomic E-state index is 12.1. The minimum atomic E-state index is 0.300. The van der Waals surface area contributed by atoms with Crippen LogP contribution in [0.1, 0.15) is 26.7 Å². The highest BCUT2D eigenvalue weighted by Gasteiger charge is 2.21. The Hall–Kier alpha value is -0.650. The molecule has 118 valence electrons. The average Bonchev–Trinajstić information content (AvgIpc) is 2.42. The maximum Gasteiger partial charge on any atom is 0.223 e.